The Kier molecular flexibility index (Phi) is 7.37. The van der Waals surface area contributed by atoms with Gasteiger partial charge >= 0.3 is 0 Å². The number of benzene rings is 1. The van der Waals surface area contributed by atoms with Crippen molar-refractivity contribution in [3.05, 3.63) is 41.3 Å². The van der Waals surface area contributed by atoms with E-state index in [1.54, 1.807) is 17.4 Å². The highest BCUT2D eigenvalue weighted by Gasteiger charge is 2.32. The number of para-hydroxylation sites is 1. The van der Waals surface area contributed by atoms with Gasteiger partial charge in [-0.25, -0.2) is 9.97 Å². The Hall–Kier alpha value is -2.41. The van der Waals surface area contributed by atoms with Crippen LogP contribution in [-0.2, 0) is 0 Å². The molecule has 1 aliphatic carbocycles. The predicted molar refractivity (Wildman–Crippen MR) is 141 cm³/mol. The molecule has 0 radical (unpaired) electrons. The van der Waals surface area contributed by atoms with Gasteiger partial charge < -0.3 is 21.1 Å². The standard InChI is InChI=1S/C24H31N6OPS/c1-13-8-18(10-16(13)12-31)28-22-21(23-29-19-6-4-5-7-20(19)33-23)15(3)27-24(30-22)26-11-17(25)9-14(2)32/h4-7,9,13,16,18,25,31H,8,10-12,32H2,1-3H3,(H2,26,27,28,30)/b14-9-,25-17?/t13-,16+,18-/m0/s1. The van der Waals surface area contributed by atoms with Gasteiger partial charge in [0.05, 0.1) is 33.7 Å². The molecule has 2 heterocycles. The van der Waals surface area contributed by atoms with Crippen molar-refractivity contribution in [1.82, 2.24) is 15.0 Å². The van der Waals surface area contributed by atoms with Gasteiger partial charge in [-0.2, -0.15) is 4.98 Å². The maximum atomic E-state index is 9.71. The molecule has 174 valence electrons. The van der Waals surface area contributed by atoms with E-state index in [9.17, 15) is 5.11 Å². The maximum absolute atomic E-state index is 9.71. The lowest BCUT2D eigenvalue weighted by Crippen LogP contribution is -2.20. The van der Waals surface area contributed by atoms with Crippen molar-refractivity contribution < 1.29 is 5.11 Å². The van der Waals surface area contributed by atoms with Crippen LogP contribution in [0.4, 0.5) is 11.8 Å². The molecule has 33 heavy (non-hydrogen) atoms. The van der Waals surface area contributed by atoms with Gasteiger partial charge in [-0.05, 0) is 56.7 Å². The van der Waals surface area contributed by atoms with Crippen LogP contribution in [-0.4, -0.2) is 45.0 Å². The SMILES string of the molecule is C/C(P)=C/C(=N)CNc1nc(C)c(-c2nc3ccccc3s2)c(N[C@@H]2C[C@H](CO)[C@@H](C)C2)n1. The molecule has 0 aliphatic heterocycles. The van der Waals surface area contributed by atoms with Crippen molar-refractivity contribution in [1.29, 1.82) is 5.41 Å². The normalized spacial score (nSPS) is 20.9. The van der Waals surface area contributed by atoms with Crippen molar-refractivity contribution in [2.75, 3.05) is 23.8 Å². The van der Waals surface area contributed by atoms with E-state index in [-0.39, 0.29) is 12.6 Å². The second-order valence-corrected chi connectivity index (χ2v) is 10.8. The van der Waals surface area contributed by atoms with Crippen LogP contribution in [0.25, 0.3) is 20.8 Å². The number of thiazole rings is 1. The fraction of sp³-hybridized carbons (Fsp3) is 0.417. The van der Waals surface area contributed by atoms with Crippen LogP contribution < -0.4 is 10.6 Å². The molecule has 1 unspecified atom stereocenters. The Morgan fingerprint density at radius 2 is 2.06 bits per heavy atom. The molecule has 4 rings (SSSR count). The number of aryl methyl sites for hydroxylation is 1. The molecule has 0 saturated heterocycles. The van der Waals surface area contributed by atoms with E-state index in [1.165, 1.54) is 0 Å². The van der Waals surface area contributed by atoms with Crippen molar-refractivity contribution in [2.24, 2.45) is 11.8 Å². The van der Waals surface area contributed by atoms with Crippen molar-refractivity contribution >= 4 is 48.3 Å². The first-order valence-electron chi connectivity index (χ1n) is 11.2. The van der Waals surface area contributed by atoms with E-state index in [2.05, 4.69) is 32.9 Å². The van der Waals surface area contributed by atoms with E-state index < -0.39 is 0 Å². The van der Waals surface area contributed by atoms with E-state index in [0.717, 1.165) is 50.5 Å². The van der Waals surface area contributed by atoms with Gasteiger partial charge in [0.1, 0.15) is 10.8 Å². The Balaban J connectivity index is 1.68. The van der Waals surface area contributed by atoms with Crippen molar-refractivity contribution in [3.63, 3.8) is 0 Å². The monoisotopic (exact) mass is 482 g/mol. The zero-order valence-electron chi connectivity index (χ0n) is 19.2. The van der Waals surface area contributed by atoms with Gasteiger partial charge in [0.15, 0.2) is 0 Å². The average molecular weight is 483 g/mol. The lowest BCUT2D eigenvalue weighted by atomic mass is 10.00. The number of rotatable bonds is 8. The molecule has 4 atom stereocenters. The topological polar surface area (TPSA) is 107 Å². The van der Waals surface area contributed by atoms with Crippen molar-refractivity contribution in [3.8, 4) is 10.6 Å². The van der Waals surface area contributed by atoms with E-state index in [1.807, 2.05) is 32.0 Å². The third-order valence-corrected chi connectivity index (χ3v) is 7.28. The zero-order valence-corrected chi connectivity index (χ0v) is 21.2. The smallest absolute Gasteiger partial charge is 0.225 e. The highest BCUT2D eigenvalue weighted by atomic mass is 32.1. The van der Waals surface area contributed by atoms with Crippen molar-refractivity contribution in [2.45, 2.75) is 39.7 Å². The molecule has 2 aromatic heterocycles. The largest absolute Gasteiger partial charge is 0.396 e. The summed E-state index contributed by atoms with van der Waals surface area (Å²) in [4.78, 5) is 14.4. The minimum Gasteiger partial charge on any atom is -0.396 e. The van der Waals surface area contributed by atoms with Crippen LogP contribution in [0.5, 0.6) is 0 Å². The number of fused-ring (bicyclic) bond motifs is 1. The summed E-state index contributed by atoms with van der Waals surface area (Å²) in [6, 6.07) is 8.35. The molecule has 3 aromatic rings. The molecule has 9 heteroatoms. The molecule has 1 fully saturated rings. The van der Waals surface area contributed by atoms with Gasteiger partial charge in [0, 0.05) is 12.6 Å². The average Bonchev–Trinajstić information content (AvgIpc) is 3.34. The Labute approximate surface area is 200 Å². The van der Waals surface area contributed by atoms with E-state index >= 15 is 0 Å². The number of anilines is 2. The molecule has 7 nitrogen and oxygen atoms in total. The number of aromatic nitrogens is 3. The van der Waals surface area contributed by atoms with Gasteiger partial charge in [-0.1, -0.05) is 24.4 Å². The fourth-order valence-corrected chi connectivity index (χ4v) is 5.66. The first-order valence-corrected chi connectivity index (χ1v) is 12.6. The summed E-state index contributed by atoms with van der Waals surface area (Å²) < 4.78 is 1.13. The number of nitrogens with one attached hydrogen (secondary N) is 3. The predicted octanol–water partition coefficient (Wildman–Crippen LogP) is 5.09. The fourth-order valence-electron chi connectivity index (χ4n) is 4.39. The summed E-state index contributed by atoms with van der Waals surface area (Å²) in [5.74, 6) is 2.01. The van der Waals surface area contributed by atoms with Gasteiger partial charge in [0.2, 0.25) is 5.95 Å². The van der Waals surface area contributed by atoms with Gasteiger partial charge in [0.25, 0.3) is 0 Å². The molecule has 4 N–H and O–H groups in total. The number of hydrogen-bond donors (Lipinski definition) is 4. The first kappa shape index (κ1) is 23.7. The maximum Gasteiger partial charge on any atom is 0.225 e. The Bertz CT molecular complexity index is 1160. The molecule has 0 bridgehead atoms. The summed E-state index contributed by atoms with van der Waals surface area (Å²) in [5.41, 5.74) is 3.18. The van der Waals surface area contributed by atoms with Gasteiger partial charge in [-0.3, -0.25) is 0 Å². The molecular weight excluding hydrogens is 451 g/mol. The summed E-state index contributed by atoms with van der Waals surface area (Å²) in [7, 11) is 2.60. The van der Waals surface area contributed by atoms with E-state index in [4.69, 9.17) is 20.4 Å². The molecular formula is C24H31N6OPS. The minimum atomic E-state index is 0.213. The number of aliphatic hydroxyl groups is 1. The molecule has 1 saturated carbocycles. The second kappa shape index (κ2) is 10.2. The number of aliphatic hydroxyl groups excluding tert-OH is 1. The number of nitrogens with zero attached hydrogens (tertiary/aromatic N) is 3. The van der Waals surface area contributed by atoms with Crippen LogP contribution in [0.15, 0.2) is 35.7 Å². The number of hydrogen-bond acceptors (Lipinski definition) is 8. The molecule has 0 spiro atoms. The lowest BCUT2D eigenvalue weighted by Gasteiger charge is -2.18. The summed E-state index contributed by atoms with van der Waals surface area (Å²) in [5, 5.41) is 26.5. The molecule has 1 aliphatic rings. The molecule has 1 aromatic carbocycles. The summed E-state index contributed by atoms with van der Waals surface area (Å²) in [6.45, 7) is 6.67. The van der Waals surface area contributed by atoms with Crippen LogP contribution in [0, 0.1) is 24.2 Å². The van der Waals surface area contributed by atoms with Crippen LogP contribution in [0.3, 0.4) is 0 Å². The highest BCUT2D eigenvalue weighted by molar-refractivity contribution is 7.22. The Morgan fingerprint density at radius 1 is 1.27 bits per heavy atom. The zero-order chi connectivity index (χ0) is 23.5. The Morgan fingerprint density at radius 3 is 2.76 bits per heavy atom. The third-order valence-electron chi connectivity index (χ3n) is 6.06. The first-order chi connectivity index (χ1) is 15.8. The third kappa shape index (κ3) is 5.57. The minimum absolute atomic E-state index is 0.213. The van der Waals surface area contributed by atoms with Gasteiger partial charge in [-0.15, -0.1) is 20.6 Å². The number of allylic oxidation sites excluding steroid dienone is 1. The summed E-state index contributed by atoms with van der Waals surface area (Å²) in [6.07, 6.45) is 3.69. The molecule has 0 amide bonds. The van der Waals surface area contributed by atoms with Crippen LogP contribution >= 0.6 is 20.6 Å². The second-order valence-electron chi connectivity index (χ2n) is 8.84. The quantitative estimate of drug-likeness (QED) is 0.263. The summed E-state index contributed by atoms with van der Waals surface area (Å²) >= 11 is 1.64. The van der Waals surface area contributed by atoms with Crippen LogP contribution in [0.2, 0.25) is 0 Å². The van der Waals surface area contributed by atoms with Crippen LogP contribution in [0.1, 0.15) is 32.4 Å². The lowest BCUT2D eigenvalue weighted by molar-refractivity contribution is 0.201. The highest BCUT2D eigenvalue weighted by Crippen LogP contribution is 2.39. The van der Waals surface area contributed by atoms with E-state index in [0.29, 0.717) is 30.0 Å².